The Balaban J connectivity index is 1.52. The quantitative estimate of drug-likeness (QED) is 0.521. The van der Waals surface area contributed by atoms with Crippen molar-refractivity contribution in [3.05, 3.63) is 45.9 Å². The first-order chi connectivity index (χ1) is 9.85. The zero-order chi connectivity index (χ0) is 13.8. The summed E-state index contributed by atoms with van der Waals surface area (Å²) in [6.45, 7) is 0. The summed E-state index contributed by atoms with van der Waals surface area (Å²) in [6, 6.07) is 4.59. The van der Waals surface area contributed by atoms with Crippen molar-refractivity contribution >= 4 is 27.6 Å². The summed E-state index contributed by atoms with van der Waals surface area (Å²) in [5, 5.41) is 4.18. The molecule has 0 aromatic carbocycles. The van der Waals surface area contributed by atoms with E-state index < -0.39 is 0 Å². The maximum Gasteiger partial charge on any atom is 0.193 e. The maximum absolute atomic E-state index is 5.67. The van der Waals surface area contributed by atoms with Gasteiger partial charge in [0, 0.05) is 35.1 Å². The highest BCUT2D eigenvalue weighted by Gasteiger charge is 2.11. The minimum absolute atomic E-state index is 0.291. The maximum atomic E-state index is 5.67. The largest absolute Gasteiger partial charge is 0.297 e. The third-order valence-corrected chi connectivity index (χ3v) is 5.10. The van der Waals surface area contributed by atoms with Crippen LogP contribution in [0.3, 0.4) is 0 Å². The summed E-state index contributed by atoms with van der Waals surface area (Å²) in [4.78, 5) is 7.10. The predicted octanol–water partition coefficient (Wildman–Crippen LogP) is 2.85. The van der Waals surface area contributed by atoms with Gasteiger partial charge in [-0.3, -0.25) is 15.7 Å². The van der Waals surface area contributed by atoms with E-state index in [1.807, 2.05) is 22.9 Å². The number of rotatable bonds is 7. The first kappa shape index (κ1) is 13.8. The predicted molar refractivity (Wildman–Crippen MR) is 85.1 cm³/mol. The van der Waals surface area contributed by atoms with E-state index in [0.717, 1.165) is 36.3 Å². The molecule has 1 unspecified atom stereocenters. The van der Waals surface area contributed by atoms with Gasteiger partial charge < -0.3 is 0 Å². The van der Waals surface area contributed by atoms with Crippen molar-refractivity contribution < 1.29 is 0 Å². The lowest BCUT2D eigenvalue weighted by Gasteiger charge is -2.13. The van der Waals surface area contributed by atoms with Crippen molar-refractivity contribution in [3.63, 3.8) is 0 Å². The van der Waals surface area contributed by atoms with Gasteiger partial charge in [0.2, 0.25) is 0 Å². The Kier molecular flexibility index (Phi) is 4.47. The van der Waals surface area contributed by atoms with Crippen LogP contribution in [0, 0.1) is 0 Å². The summed E-state index contributed by atoms with van der Waals surface area (Å²) in [5.41, 5.74) is 4.03. The van der Waals surface area contributed by atoms with Crippen LogP contribution in [0.4, 0.5) is 0 Å². The summed E-state index contributed by atoms with van der Waals surface area (Å²) in [6.07, 6.45) is 8.37. The van der Waals surface area contributed by atoms with E-state index in [9.17, 15) is 0 Å². The van der Waals surface area contributed by atoms with Gasteiger partial charge >= 0.3 is 0 Å². The van der Waals surface area contributed by atoms with Crippen molar-refractivity contribution in [2.75, 3.05) is 0 Å². The molecule has 0 saturated heterocycles. The third-order valence-electron chi connectivity index (χ3n) is 3.39. The summed E-state index contributed by atoms with van der Waals surface area (Å²) in [5.74, 6) is 5.67. The molecule has 0 radical (unpaired) electrons. The van der Waals surface area contributed by atoms with E-state index in [1.54, 1.807) is 11.3 Å². The van der Waals surface area contributed by atoms with Gasteiger partial charge in [-0.05, 0) is 30.7 Å². The van der Waals surface area contributed by atoms with E-state index in [0.29, 0.717) is 6.04 Å². The van der Waals surface area contributed by atoms with E-state index in [-0.39, 0.29) is 0 Å². The molecule has 6 heteroatoms. The van der Waals surface area contributed by atoms with Gasteiger partial charge in [-0.1, -0.05) is 6.07 Å². The average molecular weight is 306 g/mol. The second-order valence-corrected chi connectivity index (χ2v) is 6.77. The standard InChI is InChI=1S/C14H18N4S2/c15-17-11(3-1-4-13-5-2-7-19-13)9-12-10-18-6-8-20-14(18)16-12/h2,5-8,10-11,17H,1,3-4,9,15H2. The first-order valence-electron chi connectivity index (χ1n) is 6.75. The molecule has 0 aliphatic carbocycles. The Labute approximate surface area is 126 Å². The number of nitrogens with one attached hydrogen (secondary N) is 1. The molecule has 3 rings (SSSR count). The zero-order valence-corrected chi connectivity index (χ0v) is 12.8. The SMILES string of the molecule is NNC(CCCc1cccs1)Cc1cn2ccsc2n1. The molecule has 0 spiro atoms. The number of hydrogen-bond acceptors (Lipinski definition) is 5. The first-order valence-corrected chi connectivity index (χ1v) is 8.50. The molecule has 0 aliphatic heterocycles. The van der Waals surface area contributed by atoms with Crippen molar-refractivity contribution in [1.82, 2.24) is 14.8 Å². The molecule has 0 fully saturated rings. The summed E-state index contributed by atoms with van der Waals surface area (Å²) in [7, 11) is 0. The Morgan fingerprint density at radius 2 is 2.30 bits per heavy atom. The fourth-order valence-electron chi connectivity index (χ4n) is 2.35. The number of aryl methyl sites for hydroxylation is 1. The summed E-state index contributed by atoms with van der Waals surface area (Å²) >= 11 is 3.48. The van der Waals surface area contributed by atoms with Crippen LogP contribution in [0.15, 0.2) is 35.3 Å². The molecule has 3 N–H and O–H groups in total. The Hall–Kier alpha value is -1.21. The van der Waals surface area contributed by atoms with Crippen LogP contribution >= 0.6 is 22.7 Å². The number of aromatic nitrogens is 2. The molecule has 0 saturated carbocycles. The highest BCUT2D eigenvalue weighted by atomic mass is 32.1. The average Bonchev–Trinajstić information content (AvgIpc) is 3.13. The molecule has 3 aromatic heterocycles. The van der Waals surface area contributed by atoms with Crippen LogP contribution in [0.5, 0.6) is 0 Å². The van der Waals surface area contributed by atoms with Crippen LogP contribution in [-0.2, 0) is 12.8 Å². The number of fused-ring (bicyclic) bond motifs is 1. The summed E-state index contributed by atoms with van der Waals surface area (Å²) < 4.78 is 2.07. The number of thiophene rings is 1. The number of thiazole rings is 1. The molecule has 0 aliphatic rings. The van der Waals surface area contributed by atoms with E-state index >= 15 is 0 Å². The van der Waals surface area contributed by atoms with Gasteiger partial charge in [0.15, 0.2) is 4.96 Å². The van der Waals surface area contributed by atoms with Gasteiger partial charge in [0.1, 0.15) is 0 Å². The van der Waals surface area contributed by atoms with Crippen molar-refractivity contribution in [3.8, 4) is 0 Å². The molecule has 4 nitrogen and oxygen atoms in total. The molecule has 0 bridgehead atoms. The highest BCUT2D eigenvalue weighted by molar-refractivity contribution is 7.15. The molecular formula is C14H18N4S2. The Morgan fingerprint density at radius 3 is 3.05 bits per heavy atom. The number of nitrogens with zero attached hydrogens (tertiary/aromatic N) is 2. The van der Waals surface area contributed by atoms with Crippen LogP contribution in [0.1, 0.15) is 23.4 Å². The molecule has 3 aromatic rings. The van der Waals surface area contributed by atoms with Crippen molar-refractivity contribution in [2.45, 2.75) is 31.7 Å². The number of hydrogen-bond donors (Lipinski definition) is 2. The minimum atomic E-state index is 0.291. The fourth-order valence-corrected chi connectivity index (χ4v) is 3.82. The van der Waals surface area contributed by atoms with Gasteiger partial charge in [0.05, 0.1) is 5.69 Å². The van der Waals surface area contributed by atoms with Crippen LogP contribution in [0.25, 0.3) is 4.96 Å². The van der Waals surface area contributed by atoms with Crippen LogP contribution in [-0.4, -0.2) is 15.4 Å². The van der Waals surface area contributed by atoms with Gasteiger partial charge in [-0.25, -0.2) is 4.98 Å². The lowest BCUT2D eigenvalue weighted by atomic mass is 10.1. The topological polar surface area (TPSA) is 55.3 Å². The van der Waals surface area contributed by atoms with Gasteiger partial charge in [0.25, 0.3) is 0 Å². The minimum Gasteiger partial charge on any atom is -0.297 e. The number of nitrogens with two attached hydrogens (primary N) is 1. The van der Waals surface area contributed by atoms with Crippen LogP contribution < -0.4 is 11.3 Å². The van der Waals surface area contributed by atoms with Gasteiger partial charge in [-0.15, -0.1) is 22.7 Å². The number of hydrazine groups is 1. The molecular weight excluding hydrogens is 288 g/mol. The van der Waals surface area contributed by atoms with Crippen molar-refractivity contribution in [1.29, 1.82) is 0 Å². The lowest BCUT2D eigenvalue weighted by molar-refractivity contribution is 0.474. The van der Waals surface area contributed by atoms with Crippen molar-refractivity contribution in [2.24, 2.45) is 5.84 Å². The Morgan fingerprint density at radius 1 is 1.35 bits per heavy atom. The van der Waals surface area contributed by atoms with E-state index in [2.05, 4.69) is 38.5 Å². The second-order valence-electron chi connectivity index (χ2n) is 4.86. The third kappa shape index (κ3) is 3.27. The molecule has 1 atom stereocenters. The van der Waals surface area contributed by atoms with E-state index in [1.165, 1.54) is 4.88 Å². The van der Waals surface area contributed by atoms with Crippen LogP contribution in [0.2, 0.25) is 0 Å². The molecule has 106 valence electrons. The Bertz CT molecular complexity index is 613. The monoisotopic (exact) mass is 306 g/mol. The normalized spacial score (nSPS) is 13.1. The lowest BCUT2D eigenvalue weighted by Crippen LogP contribution is -2.36. The highest BCUT2D eigenvalue weighted by Crippen LogP contribution is 2.16. The van der Waals surface area contributed by atoms with E-state index in [4.69, 9.17) is 5.84 Å². The van der Waals surface area contributed by atoms with Gasteiger partial charge in [-0.2, -0.15) is 0 Å². The smallest absolute Gasteiger partial charge is 0.193 e. The zero-order valence-electron chi connectivity index (χ0n) is 11.2. The molecule has 0 amide bonds. The fraction of sp³-hybridized carbons (Fsp3) is 0.357. The second kappa shape index (κ2) is 6.49. The number of imidazole rings is 1. The molecule has 20 heavy (non-hydrogen) atoms. The molecule has 3 heterocycles.